The van der Waals surface area contributed by atoms with E-state index < -0.39 is 16.7 Å². The third-order valence-electron chi connectivity index (χ3n) is 2.12. The van der Waals surface area contributed by atoms with Crippen LogP contribution in [0.3, 0.4) is 0 Å². The van der Waals surface area contributed by atoms with Crippen molar-refractivity contribution in [2.75, 3.05) is 5.32 Å². The van der Waals surface area contributed by atoms with Crippen LogP contribution in [-0.4, -0.2) is 21.7 Å². The summed E-state index contributed by atoms with van der Waals surface area (Å²) in [5, 5.41) is 14.8. The zero-order valence-electron chi connectivity index (χ0n) is 9.86. The number of rotatable bonds is 5. The van der Waals surface area contributed by atoms with Gasteiger partial charge in [-0.2, -0.15) is 0 Å². The van der Waals surface area contributed by atoms with Gasteiger partial charge in [0.25, 0.3) is 5.91 Å². The summed E-state index contributed by atoms with van der Waals surface area (Å²) in [5.41, 5.74) is 5.50. The topological polar surface area (TPSA) is 128 Å². The van der Waals surface area contributed by atoms with Gasteiger partial charge in [-0.05, 0) is 6.07 Å². The van der Waals surface area contributed by atoms with Crippen molar-refractivity contribution in [1.82, 2.24) is 4.98 Å². The average molecular weight is 312 g/mol. The van der Waals surface area contributed by atoms with Crippen molar-refractivity contribution in [3.8, 4) is 0 Å². The summed E-state index contributed by atoms with van der Waals surface area (Å²) >= 11 is 1.92. The Kier molecular flexibility index (Phi) is 4.05. The van der Waals surface area contributed by atoms with Gasteiger partial charge in [0.15, 0.2) is 5.13 Å². The number of nitrogens with one attached hydrogen (secondary N) is 1. The van der Waals surface area contributed by atoms with Gasteiger partial charge >= 0.3 is 5.00 Å². The van der Waals surface area contributed by atoms with Crippen LogP contribution in [0.5, 0.6) is 0 Å². The first-order valence-corrected chi connectivity index (χ1v) is 6.93. The lowest BCUT2D eigenvalue weighted by Crippen LogP contribution is -2.14. The standard InChI is InChI=1S/C10H8N4O4S2/c11-7(15)3-5-4-19-10(12-5)13-9(16)6-1-2-8(20-6)14(17)18/h1-2,4H,3H2,(H2,11,15)(H,12,13,16). The van der Waals surface area contributed by atoms with Crippen molar-refractivity contribution in [2.24, 2.45) is 5.73 Å². The minimum absolute atomic E-state index is 0.00313. The van der Waals surface area contributed by atoms with Gasteiger partial charge in [-0.1, -0.05) is 11.3 Å². The van der Waals surface area contributed by atoms with Crippen LogP contribution in [0, 0.1) is 10.1 Å². The summed E-state index contributed by atoms with van der Waals surface area (Å²) < 4.78 is 0. The van der Waals surface area contributed by atoms with Crippen LogP contribution in [0.4, 0.5) is 10.1 Å². The number of carbonyl (C=O) groups excluding carboxylic acids is 2. The Morgan fingerprint density at radius 3 is 2.80 bits per heavy atom. The molecular weight excluding hydrogens is 304 g/mol. The van der Waals surface area contributed by atoms with E-state index in [1.54, 1.807) is 5.38 Å². The number of hydrogen-bond acceptors (Lipinski definition) is 7. The van der Waals surface area contributed by atoms with Crippen LogP contribution >= 0.6 is 22.7 Å². The Balaban J connectivity index is 2.05. The van der Waals surface area contributed by atoms with Crippen LogP contribution < -0.4 is 11.1 Å². The van der Waals surface area contributed by atoms with Crippen LogP contribution in [0.2, 0.25) is 0 Å². The SMILES string of the molecule is NC(=O)Cc1csc(NC(=O)c2ccc([N+](=O)[O-])s2)n1. The van der Waals surface area contributed by atoms with E-state index in [9.17, 15) is 19.7 Å². The van der Waals surface area contributed by atoms with Crippen molar-refractivity contribution in [3.63, 3.8) is 0 Å². The van der Waals surface area contributed by atoms with Crippen molar-refractivity contribution >= 4 is 44.6 Å². The monoisotopic (exact) mass is 312 g/mol. The van der Waals surface area contributed by atoms with E-state index in [4.69, 9.17) is 5.73 Å². The van der Waals surface area contributed by atoms with Crippen LogP contribution in [0.15, 0.2) is 17.5 Å². The molecule has 3 N–H and O–H groups in total. The van der Waals surface area contributed by atoms with Gasteiger partial charge in [-0.3, -0.25) is 25.0 Å². The second kappa shape index (κ2) is 5.75. The smallest absolute Gasteiger partial charge is 0.324 e. The molecule has 0 spiro atoms. The maximum atomic E-state index is 11.8. The Bertz CT molecular complexity index is 678. The van der Waals surface area contributed by atoms with Gasteiger partial charge in [0.1, 0.15) is 0 Å². The lowest BCUT2D eigenvalue weighted by molar-refractivity contribution is -0.380. The average Bonchev–Trinajstić information content (AvgIpc) is 2.97. The summed E-state index contributed by atoms with van der Waals surface area (Å²) in [6.07, 6.45) is -0.00313. The lowest BCUT2D eigenvalue weighted by Gasteiger charge is -1.97. The van der Waals surface area contributed by atoms with E-state index >= 15 is 0 Å². The number of carbonyl (C=O) groups is 2. The first-order valence-electron chi connectivity index (χ1n) is 5.24. The molecule has 0 atom stereocenters. The fourth-order valence-corrected chi connectivity index (χ4v) is 2.75. The second-order valence-corrected chi connectivity index (χ2v) is 5.56. The largest absolute Gasteiger partial charge is 0.369 e. The predicted molar refractivity (Wildman–Crippen MR) is 73.9 cm³/mol. The molecule has 0 aromatic carbocycles. The number of nitrogens with zero attached hydrogens (tertiary/aromatic N) is 2. The van der Waals surface area contributed by atoms with E-state index in [0.29, 0.717) is 10.8 Å². The molecule has 0 aliphatic rings. The van der Waals surface area contributed by atoms with Gasteiger partial charge in [0, 0.05) is 11.4 Å². The van der Waals surface area contributed by atoms with Gasteiger partial charge in [0.2, 0.25) is 5.91 Å². The third-order valence-corrected chi connectivity index (χ3v) is 3.97. The van der Waals surface area contributed by atoms with Crippen LogP contribution in [0.1, 0.15) is 15.4 Å². The number of primary amides is 1. The lowest BCUT2D eigenvalue weighted by atomic mass is 10.3. The van der Waals surface area contributed by atoms with E-state index in [-0.39, 0.29) is 16.3 Å². The molecule has 20 heavy (non-hydrogen) atoms. The number of anilines is 1. The predicted octanol–water partition coefficient (Wildman–Crippen LogP) is 1.39. The molecule has 2 heterocycles. The van der Waals surface area contributed by atoms with Gasteiger partial charge in [-0.25, -0.2) is 4.98 Å². The summed E-state index contributed by atoms with van der Waals surface area (Å²) in [6.45, 7) is 0. The molecule has 8 nitrogen and oxygen atoms in total. The zero-order chi connectivity index (χ0) is 14.7. The number of nitro groups is 1. The van der Waals surface area contributed by atoms with Crippen molar-refractivity contribution in [2.45, 2.75) is 6.42 Å². The van der Waals surface area contributed by atoms with Crippen LogP contribution in [0.25, 0.3) is 0 Å². The van der Waals surface area contributed by atoms with Gasteiger partial charge < -0.3 is 5.73 Å². The minimum atomic E-state index is -0.560. The molecule has 2 aromatic heterocycles. The Hall–Kier alpha value is -2.33. The minimum Gasteiger partial charge on any atom is -0.369 e. The quantitative estimate of drug-likeness (QED) is 0.637. The summed E-state index contributed by atoms with van der Waals surface area (Å²) in [6, 6.07) is 2.63. The van der Waals surface area contributed by atoms with Crippen LogP contribution in [-0.2, 0) is 11.2 Å². The molecule has 10 heteroatoms. The van der Waals surface area contributed by atoms with Gasteiger partial charge in [0.05, 0.1) is 21.9 Å². The summed E-state index contributed by atoms with van der Waals surface area (Å²) in [4.78, 5) is 36.8. The Morgan fingerprint density at radius 2 is 2.20 bits per heavy atom. The molecule has 104 valence electrons. The maximum absolute atomic E-state index is 11.8. The van der Waals surface area contributed by atoms with Crippen molar-refractivity contribution in [1.29, 1.82) is 0 Å². The highest BCUT2D eigenvalue weighted by molar-refractivity contribution is 7.17. The maximum Gasteiger partial charge on any atom is 0.324 e. The summed E-state index contributed by atoms with van der Waals surface area (Å²) in [5.74, 6) is -0.995. The normalized spacial score (nSPS) is 10.2. The third kappa shape index (κ3) is 3.36. The first-order chi connectivity index (χ1) is 9.45. The summed E-state index contributed by atoms with van der Waals surface area (Å²) in [7, 11) is 0. The van der Waals surface area contributed by atoms with E-state index in [2.05, 4.69) is 10.3 Å². The second-order valence-electron chi connectivity index (χ2n) is 3.64. The molecule has 2 aromatic rings. The Morgan fingerprint density at radius 1 is 1.45 bits per heavy atom. The van der Waals surface area contributed by atoms with Crippen molar-refractivity contribution in [3.05, 3.63) is 38.2 Å². The number of nitrogens with two attached hydrogens (primary N) is 1. The molecule has 0 saturated heterocycles. The molecule has 0 fully saturated rings. The molecular formula is C10H8N4O4S2. The molecule has 0 saturated carbocycles. The zero-order valence-corrected chi connectivity index (χ0v) is 11.5. The first kappa shape index (κ1) is 14.1. The molecule has 0 unspecified atom stereocenters. The molecule has 0 aliphatic heterocycles. The molecule has 0 bridgehead atoms. The fraction of sp³-hybridized carbons (Fsp3) is 0.100. The number of thiazole rings is 1. The highest BCUT2D eigenvalue weighted by atomic mass is 32.1. The van der Waals surface area contributed by atoms with Crippen molar-refractivity contribution < 1.29 is 14.5 Å². The number of amides is 2. The number of hydrogen-bond donors (Lipinski definition) is 2. The highest BCUT2D eigenvalue weighted by Crippen LogP contribution is 2.25. The molecule has 2 amide bonds. The molecule has 0 radical (unpaired) electrons. The molecule has 0 aliphatic carbocycles. The van der Waals surface area contributed by atoms with Gasteiger partial charge in [-0.15, -0.1) is 11.3 Å². The highest BCUT2D eigenvalue weighted by Gasteiger charge is 2.16. The van der Waals surface area contributed by atoms with E-state index in [1.165, 1.54) is 12.1 Å². The molecule has 2 rings (SSSR count). The fourth-order valence-electron chi connectivity index (χ4n) is 1.33. The van der Waals surface area contributed by atoms with E-state index in [1.807, 2.05) is 0 Å². The number of thiophene rings is 1. The Labute approximate surface area is 120 Å². The van der Waals surface area contributed by atoms with E-state index in [0.717, 1.165) is 22.7 Å². The number of aromatic nitrogens is 1.